The lowest BCUT2D eigenvalue weighted by atomic mass is 10.3. The lowest BCUT2D eigenvalue weighted by molar-refractivity contribution is 0.358. The number of hydrogen-bond acceptors (Lipinski definition) is 3. The molecule has 3 nitrogen and oxygen atoms in total. The number of rotatable bonds is 5. The van der Waals surface area contributed by atoms with E-state index in [-0.39, 0.29) is 0 Å². The molecule has 3 heteroatoms. The number of pyridine rings is 1. The average Bonchev–Trinajstić information content (AvgIpc) is 2.18. The molecule has 0 radical (unpaired) electrons. The van der Waals surface area contributed by atoms with Crippen LogP contribution in [0.5, 0.6) is 0 Å². The Bertz CT molecular complexity index is 296. The Morgan fingerprint density at radius 2 is 2.21 bits per heavy atom. The van der Waals surface area contributed by atoms with Gasteiger partial charge in [0.25, 0.3) is 0 Å². The van der Waals surface area contributed by atoms with E-state index in [0.717, 1.165) is 24.5 Å². The Morgan fingerprint density at radius 1 is 1.50 bits per heavy atom. The first-order valence-electron chi connectivity index (χ1n) is 4.70. The van der Waals surface area contributed by atoms with Crippen LogP contribution in [0.3, 0.4) is 0 Å². The molecule has 1 aromatic heterocycles. The van der Waals surface area contributed by atoms with Crippen LogP contribution in [0, 0.1) is 0 Å². The minimum absolute atomic E-state index is 0.499. The fourth-order valence-electron chi connectivity index (χ4n) is 1.29. The van der Waals surface area contributed by atoms with Crippen molar-refractivity contribution in [2.45, 2.75) is 13.1 Å². The van der Waals surface area contributed by atoms with Gasteiger partial charge in [-0.1, -0.05) is 12.1 Å². The highest BCUT2D eigenvalue weighted by Crippen LogP contribution is 2.01. The highest BCUT2D eigenvalue weighted by Gasteiger charge is 1.99. The zero-order chi connectivity index (χ0) is 10.4. The van der Waals surface area contributed by atoms with E-state index < -0.39 is 0 Å². The van der Waals surface area contributed by atoms with Crippen molar-refractivity contribution in [2.24, 2.45) is 5.73 Å². The van der Waals surface area contributed by atoms with Crippen LogP contribution in [0.2, 0.25) is 0 Å². The second-order valence-electron chi connectivity index (χ2n) is 3.31. The molecule has 1 aromatic rings. The van der Waals surface area contributed by atoms with Crippen LogP contribution in [0.4, 0.5) is 0 Å². The summed E-state index contributed by atoms with van der Waals surface area (Å²) in [4.78, 5) is 6.56. The molecular formula is C11H17N3. The van der Waals surface area contributed by atoms with Crippen molar-refractivity contribution < 1.29 is 0 Å². The summed E-state index contributed by atoms with van der Waals surface area (Å²) < 4.78 is 0. The molecule has 0 saturated carbocycles. The Kier molecular flexibility index (Phi) is 4.29. The molecule has 0 saturated heterocycles. The minimum Gasteiger partial charge on any atom is -0.325 e. The van der Waals surface area contributed by atoms with E-state index in [0.29, 0.717) is 6.54 Å². The summed E-state index contributed by atoms with van der Waals surface area (Å²) >= 11 is 0. The summed E-state index contributed by atoms with van der Waals surface area (Å²) in [6, 6.07) is 5.95. The van der Waals surface area contributed by atoms with E-state index in [1.54, 1.807) is 0 Å². The van der Waals surface area contributed by atoms with Crippen molar-refractivity contribution in [1.29, 1.82) is 0 Å². The van der Waals surface area contributed by atoms with Gasteiger partial charge in [-0.2, -0.15) is 0 Å². The minimum atomic E-state index is 0.499. The molecule has 0 unspecified atom stereocenters. The molecule has 0 aliphatic rings. The molecule has 0 aliphatic heterocycles. The highest BCUT2D eigenvalue weighted by atomic mass is 15.1. The fourth-order valence-corrected chi connectivity index (χ4v) is 1.29. The Morgan fingerprint density at radius 3 is 2.86 bits per heavy atom. The van der Waals surface area contributed by atoms with Crippen molar-refractivity contribution in [3.05, 3.63) is 42.2 Å². The van der Waals surface area contributed by atoms with Gasteiger partial charge in [-0.05, 0) is 19.2 Å². The van der Waals surface area contributed by atoms with Gasteiger partial charge in [-0.3, -0.25) is 9.88 Å². The highest BCUT2D eigenvalue weighted by molar-refractivity contribution is 5.10. The maximum absolute atomic E-state index is 5.52. The van der Waals surface area contributed by atoms with E-state index >= 15 is 0 Å². The smallest absolute Gasteiger partial charge is 0.0547 e. The summed E-state index contributed by atoms with van der Waals surface area (Å²) in [5.74, 6) is 0. The molecule has 0 amide bonds. The van der Waals surface area contributed by atoms with E-state index in [9.17, 15) is 0 Å². The molecule has 0 bridgehead atoms. The van der Waals surface area contributed by atoms with E-state index in [4.69, 9.17) is 5.73 Å². The van der Waals surface area contributed by atoms with Gasteiger partial charge in [0.05, 0.1) is 11.4 Å². The Labute approximate surface area is 85.3 Å². The number of likely N-dealkylation sites (N-methyl/N-ethyl adjacent to an activating group) is 1. The van der Waals surface area contributed by atoms with Gasteiger partial charge >= 0.3 is 0 Å². The van der Waals surface area contributed by atoms with Crippen molar-refractivity contribution >= 4 is 0 Å². The zero-order valence-electron chi connectivity index (χ0n) is 8.61. The summed E-state index contributed by atoms with van der Waals surface area (Å²) in [5.41, 5.74) is 7.51. The van der Waals surface area contributed by atoms with Crippen LogP contribution >= 0.6 is 0 Å². The first kappa shape index (κ1) is 10.9. The van der Waals surface area contributed by atoms with Crippen molar-refractivity contribution in [3.63, 3.8) is 0 Å². The summed E-state index contributed by atoms with van der Waals surface area (Å²) in [6.07, 6.45) is 1.88. The van der Waals surface area contributed by atoms with Crippen LogP contribution in [-0.2, 0) is 13.1 Å². The molecule has 0 fully saturated rings. The third kappa shape index (κ3) is 3.28. The molecule has 1 heterocycles. The predicted octanol–water partition coefficient (Wildman–Crippen LogP) is 1.16. The lowest BCUT2D eigenvalue weighted by Crippen LogP contribution is -2.18. The second-order valence-corrected chi connectivity index (χ2v) is 3.31. The van der Waals surface area contributed by atoms with Crippen LogP contribution in [0.1, 0.15) is 11.4 Å². The summed E-state index contributed by atoms with van der Waals surface area (Å²) in [5, 5.41) is 0. The van der Waals surface area contributed by atoms with Gasteiger partial charge in [0.2, 0.25) is 0 Å². The summed E-state index contributed by atoms with van der Waals surface area (Å²) in [7, 11) is 2.04. The van der Waals surface area contributed by atoms with E-state index in [2.05, 4.69) is 16.5 Å². The topological polar surface area (TPSA) is 42.1 Å². The standard InChI is InChI=1S/C11H17N3/c1-3-7-14(2)9-11-6-4-5-10(8-12)13-11/h3-6H,1,7-9,12H2,2H3. The average molecular weight is 191 g/mol. The summed E-state index contributed by atoms with van der Waals surface area (Å²) in [6.45, 7) is 5.90. The van der Waals surface area contributed by atoms with Crippen LogP contribution < -0.4 is 5.73 Å². The number of nitrogens with two attached hydrogens (primary N) is 1. The SMILES string of the molecule is C=CCN(C)Cc1cccc(CN)n1. The number of nitrogens with zero attached hydrogens (tertiary/aromatic N) is 2. The normalized spacial score (nSPS) is 10.5. The molecule has 2 N–H and O–H groups in total. The fraction of sp³-hybridized carbons (Fsp3) is 0.364. The first-order chi connectivity index (χ1) is 6.76. The van der Waals surface area contributed by atoms with Gasteiger partial charge < -0.3 is 5.73 Å². The largest absolute Gasteiger partial charge is 0.325 e. The van der Waals surface area contributed by atoms with Gasteiger partial charge in [0.15, 0.2) is 0 Å². The van der Waals surface area contributed by atoms with Crippen molar-refractivity contribution in [1.82, 2.24) is 9.88 Å². The number of aromatic nitrogens is 1. The van der Waals surface area contributed by atoms with Gasteiger partial charge in [-0.25, -0.2) is 0 Å². The van der Waals surface area contributed by atoms with Crippen LogP contribution in [0.15, 0.2) is 30.9 Å². The molecular weight excluding hydrogens is 174 g/mol. The Balaban J connectivity index is 2.61. The van der Waals surface area contributed by atoms with Crippen molar-refractivity contribution in [2.75, 3.05) is 13.6 Å². The first-order valence-corrected chi connectivity index (χ1v) is 4.70. The van der Waals surface area contributed by atoms with Crippen LogP contribution in [0.25, 0.3) is 0 Å². The van der Waals surface area contributed by atoms with Gasteiger partial charge in [0, 0.05) is 19.6 Å². The maximum atomic E-state index is 5.52. The maximum Gasteiger partial charge on any atom is 0.0547 e. The molecule has 0 aromatic carbocycles. The molecule has 1 rings (SSSR count). The molecule has 0 atom stereocenters. The third-order valence-electron chi connectivity index (χ3n) is 1.95. The van der Waals surface area contributed by atoms with E-state index in [1.165, 1.54) is 0 Å². The zero-order valence-corrected chi connectivity index (χ0v) is 8.61. The van der Waals surface area contributed by atoms with Gasteiger partial charge in [-0.15, -0.1) is 6.58 Å². The molecule has 0 spiro atoms. The van der Waals surface area contributed by atoms with Crippen molar-refractivity contribution in [3.8, 4) is 0 Å². The van der Waals surface area contributed by atoms with Gasteiger partial charge in [0.1, 0.15) is 0 Å². The lowest BCUT2D eigenvalue weighted by Gasteiger charge is -2.13. The van der Waals surface area contributed by atoms with E-state index in [1.807, 2.05) is 31.3 Å². The Hall–Kier alpha value is -1.19. The number of hydrogen-bond donors (Lipinski definition) is 1. The molecule has 76 valence electrons. The second kappa shape index (κ2) is 5.52. The molecule has 0 aliphatic carbocycles. The quantitative estimate of drug-likeness (QED) is 0.710. The molecule has 14 heavy (non-hydrogen) atoms. The monoisotopic (exact) mass is 191 g/mol. The third-order valence-corrected chi connectivity index (χ3v) is 1.95. The van der Waals surface area contributed by atoms with Crippen LogP contribution in [-0.4, -0.2) is 23.5 Å². The predicted molar refractivity (Wildman–Crippen MR) is 58.7 cm³/mol.